The van der Waals surface area contributed by atoms with Crippen molar-refractivity contribution < 1.29 is 14.6 Å². The maximum absolute atomic E-state index is 12.2. The van der Waals surface area contributed by atoms with Crippen LogP contribution in [-0.4, -0.2) is 41.8 Å². The van der Waals surface area contributed by atoms with Gasteiger partial charge in [0.05, 0.1) is 12.6 Å². The summed E-state index contributed by atoms with van der Waals surface area (Å²) in [5.41, 5.74) is 0.921. The van der Waals surface area contributed by atoms with Crippen LogP contribution >= 0.6 is 11.6 Å². The maximum Gasteiger partial charge on any atom is 0.318 e. The highest BCUT2D eigenvalue weighted by Gasteiger charge is 2.50. The number of benzene rings is 1. The van der Waals surface area contributed by atoms with Crippen LogP contribution in [0, 0.1) is 5.92 Å². The van der Waals surface area contributed by atoms with Crippen LogP contribution in [0.15, 0.2) is 18.2 Å². The number of carbonyl (C=O) groups excluding carboxylic acids is 1. The summed E-state index contributed by atoms with van der Waals surface area (Å²) < 4.78 is 5.91. The molecule has 2 amide bonds. The molecule has 0 spiro atoms. The lowest BCUT2D eigenvalue weighted by Gasteiger charge is -2.23. The van der Waals surface area contributed by atoms with E-state index in [0.29, 0.717) is 18.1 Å². The number of ether oxygens (including phenoxy) is 1. The maximum atomic E-state index is 12.2. The first-order valence-corrected chi connectivity index (χ1v) is 7.15. The van der Waals surface area contributed by atoms with E-state index in [4.69, 9.17) is 16.3 Å². The Labute approximate surface area is 122 Å². The molecule has 5 nitrogen and oxygen atoms in total. The average molecular weight is 297 g/mol. The van der Waals surface area contributed by atoms with E-state index in [-0.39, 0.29) is 30.7 Å². The van der Waals surface area contributed by atoms with Gasteiger partial charge in [-0.3, -0.25) is 0 Å². The number of nitrogens with one attached hydrogen (secondary N) is 1. The fraction of sp³-hybridized carbons (Fsp3) is 0.500. The Hall–Kier alpha value is -1.46. The predicted molar refractivity (Wildman–Crippen MR) is 75.0 cm³/mol. The Morgan fingerprint density at radius 3 is 3.10 bits per heavy atom. The van der Waals surface area contributed by atoms with Crippen molar-refractivity contribution >= 4 is 17.6 Å². The number of fused-ring (bicyclic) bond motifs is 3. The first-order valence-electron chi connectivity index (χ1n) is 6.77. The number of aliphatic hydroxyl groups is 1. The molecule has 3 atom stereocenters. The highest BCUT2D eigenvalue weighted by molar-refractivity contribution is 6.30. The molecule has 20 heavy (non-hydrogen) atoms. The standard InChI is InChI=1S/C14H17ClN2O3/c1-2-16-14(19)17-6-8(7-18)13-12(17)10-5-9(15)3-4-11(10)20-13/h3-5,8,12-13,18H,2,6-7H2,1H3,(H,16,19)/t8-,12-,13-/m0/s1. The van der Waals surface area contributed by atoms with Crippen LogP contribution < -0.4 is 10.1 Å². The average Bonchev–Trinajstić information content (AvgIpc) is 2.95. The Kier molecular flexibility index (Phi) is 3.48. The lowest BCUT2D eigenvalue weighted by atomic mass is 9.99. The second-order valence-electron chi connectivity index (χ2n) is 5.14. The zero-order valence-corrected chi connectivity index (χ0v) is 11.9. The minimum absolute atomic E-state index is 0.00120. The van der Waals surface area contributed by atoms with Crippen LogP contribution in [-0.2, 0) is 0 Å². The van der Waals surface area contributed by atoms with Crippen molar-refractivity contribution in [3.8, 4) is 5.75 Å². The number of hydrogen-bond donors (Lipinski definition) is 2. The molecular formula is C14H17ClN2O3. The topological polar surface area (TPSA) is 61.8 Å². The number of aliphatic hydroxyl groups excluding tert-OH is 1. The normalized spacial score (nSPS) is 26.9. The molecule has 0 saturated carbocycles. The summed E-state index contributed by atoms with van der Waals surface area (Å²) in [5.74, 6) is 0.672. The molecule has 0 unspecified atom stereocenters. The number of rotatable bonds is 2. The molecule has 108 valence electrons. The molecule has 1 saturated heterocycles. The lowest BCUT2D eigenvalue weighted by Crippen LogP contribution is -2.40. The molecule has 0 aliphatic carbocycles. The second-order valence-corrected chi connectivity index (χ2v) is 5.58. The van der Waals surface area contributed by atoms with Gasteiger partial charge in [-0.2, -0.15) is 0 Å². The first kappa shape index (κ1) is 13.5. The van der Waals surface area contributed by atoms with E-state index in [0.717, 1.165) is 11.3 Å². The molecule has 2 heterocycles. The van der Waals surface area contributed by atoms with E-state index in [1.165, 1.54) is 0 Å². The van der Waals surface area contributed by atoms with Gasteiger partial charge >= 0.3 is 6.03 Å². The van der Waals surface area contributed by atoms with Gasteiger partial charge in [-0.05, 0) is 25.1 Å². The third-order valence-corrected chi connectivity index (χ3v) is 4.15. The minimum atomic E-state index is -0.198. The van der Waals surface area contributed by atoms with E-state index in [1.807, 2.05) is 19.1 Å². The van der Waals surface area contributed by atoms with Crippen molar-refractivity contribution in [1.82, 2.24) is 10.2 Å². The fourth-order valence-corrected chi connectivity index (χ4v) is 3.22. The molecule has 1 aromatic rings. The van der Waals surface area contributed by atoms with Crippen LogP contribution in [0.25, 0.3) is 0 Å². The molecule has 1 aromatic carbocycles. The van der Waals surface area contributed by atoms with E-state index >= 15 is 0 Å². The van der Waals surface area contributed by atoms with E-state index in [1.54, 1.807) is 11.0 Å². The number of nitrogens with zero attached hydrogens (tertiary/aromatic N) is 1. The van der Waals surface area contributed by atoms with Gasteiger partial charge in [0.2, 0.25) is 0 Å². The molecule has 3 rings (SSSR count). The quantitative estimate of drug-likeness (QED) is 0.875. The van der Waals surface area contributed by atoms with Crippen molar-refractivity contribution in [3.63, 3.8) is 0 Å². The number of carbonyl (C=O) groups is 1. The predicted octanol–water partition coefficient (Wildman–Crippen LogP) is 1.80. The Morgan fingerprint density at radius 1 is 1.60 bits per heavy atom. The van der Waals surface area contributed by atoms with Crippen LogP contribution in [0.3, 0.4) is 0 Å². The van der Waals surface area contributed by atoms with Crippen LogP contribution in [0.5, 0.6) is 5.75 Å². The highest BCUT2D eigenvalue weighted by Crippen LogP contribution is 2.48. The van der Waals surface area contributed by atoms with Crippen molar-refractivity contribution in [2.45, 2.75) is 19.1 Å². The molecular weight excluding hydrogens is 280 g/mol. The number of halogens is 1. The van der Waals surface area contributed by atoms with Crippen LogP contribution in [0.2, 0.25) is 5.02 Å². The van der Waals surface area contributed by atoms with Gasteiger partial charge in [-0.25, -0.2) is 4.79 Å². The summed E-state index contributed by atoms with van der Waals surface area (Å²) in [5, 5.41) is 12.9. The Balaban J connectivity index is 1.96. The summed E-state index contributed by atoms with van der Waals surface area (Å²) in [7, 11) is 0. The smallest absolute Gasteiger partial charge is 0.318 e. The molecule has 2 aliphatic heterocycles. The molecule has 2 aliphatic rings. The second kappa shape index (κ2) is 5.14. The summed E-state index contributed by atoms with van der Waals surface area (Å²) in [6.07, 6.45) is -0.198. The number of urea groups is 1. The molecule has 6 heteroatoms. The van der Waals surface area contributed by atoms with Crippen molar-refractivity contribution in [2.75, 3.05) is 19.7 Å². The first-order chi connectivity index (χ1) is 9.65. The molecule has 0 radical (unpaired) electrons. The summed E-state index contributed by atoms with van der Waals surface area (Å²) in [4.78, 5) is 13.9. The van der Waals surface area contributed by atoms with Crippen molar-refractivity contribution in [1.29, 1.82) is 0 Å². The third kappa shape index (κ3) is 2.01. The van der Waals surface area contributed by atoms with Gasteiger partial charge in [-0.1, -0.05) is 11.6 Å². The summed E-state index contributed by atoms with van der Waals surface area (Å²) in [6.45, 7) is 2.94. The van der Waals surface area contributed by atoms with Gasteiger partial charge in [0, 0.05) is 29.6 Å². The highest BCUT2D eigenvalue weighted by atomic mass is 35.5. The van der Waals surface area contributed by atoms with Gasteiger partial charge < -0.3 is 20.1 Å². The fourth-order valence-electron chi connectivity index (χ4n) is 3.04. The van der Waals surface area contributed by atoms with Gasteiger partial charge in [0.15, 0.2) is 0 Å². The minimum Gasteiger partial charge on any atom is -0.487 e. The Bertz CT molecular complexity index is 537. The van der Waals surface area contributed by atoms with Crippen molar-refractivity contribution in [3.05, 3.63) is 28.8 Å². The number of likely N-dealkylation sites (tertiary alicyclic amines) is 1. The van der Waals surface area contributed by atoms with Gasteiger partial charge in [0.25, 0.3) is 0 Å². The summed E-state index contributed by atoms with van der Waals surface area (Å²) >= 11 is 6.05. The molecule has 1 fully saturated rings. The van der Waals surface area contributed by atoms with Crippen molar-refractivity contribution in [2.24, 2.45) is 5.92 Å². The van der Waals surface area contributed by atoms with E-state index < -0.39 is 0 Å². The zero-order valence-electron chi connectivity index (χ0n) is 11.2. The largest absolute Gasteiger partial charge is 0.487 e. The van der Waals surface area contributed by atoms with Gasteiger partial charge in [0.1, 0.15) is 11.9 Å². The molecule has 0 bridgehead atoms. The molecule has 2 N–H and O–H groups in total. The molecule has 0 aromatic heterocycles. The zero-order chi connectivity index (χ0) is 14.3. The SMILES string of the molecule is CCNC(=O)N1C[C@@H](CO)[C@@H]2Oc3ccc(Cl)cc3[C@@H]21. The van der Waals surface area contributed by atoms with E-state index in [2.05, 4.69) is 5.32 Å². The van der Waals surface area contributed by atoms with Crippen LogP contribution in [0.4, 0.5) is 4.79 Å². The monoisotopic (exact) mass is 296 g/mol. The number of amides is 2. The lowest BCUT2D eigenvalue weighted by molar-refractivity contribution is 0.119. The van der Waals surface area contributed by atoms with E-state index in [9.17, 15) is 9.90 Å². The van der Waals surface area contributed by atoms with Gasteiger partial charge in [-0.15, -0.1) is 0 Å². The van der Waals surface area contributed by atoms with Crippen LogP contribution in [0.1, 0.15) is 18.5 Å². The summed E-state index contributed by atoms with van der Waals surface area (Å²) in [6, 6.07) is 5.13. The number of hydrogen-bond acceptors (Lipinski definition) is 3. The third-order valence-electron chi connectivity index (χ3n) is 3.92. The Morgan fingerprint density at radius 2 is 2.40 bits per heavy atom.